The summed E-state index contributed by atoms with van der Waals surface area (Å²) in [5.41, 5.74) is 7.07. The maximum absolute atomic E-state index is 13.9. The molecule has 0 radical (unpaired) electrons. The van der Waals surface area contributed by atoms with Crippen molar-refractivity contribution in [2.75, 3.05) is 6.61 Å². The van der Waals surface area contributed by atoms with E-state index in [0.717, 1.165) is 16.7 Å². The van der Waals surface area contributed by atoms with Gasteiger partial charge in [0.25, 0.3) is 10.1 Å². The molecule has 1 aliphatic carbocycles. The third kappa shape index (κ3) is 4.98. The minimum Gasteiger partial charge on any atom is -0.488 e. The van der Waals surface area contributed by atoms with Gasteiger partial charge in [-0.2, -0.15) is 13.5 Å². The largest absolute Gasteiger partial charge is 0.488 e. The second-order valence-electron chi connectivity index (χ2n) is 10.3. The van der Waals surface area contributed by atoms with Crippen molar-refractivity contribution in [2.24, 2.45) is 0 Å². The highest BCUT2D eigenvalue weighted by Gasteiger charge is 2.33. The lowest BCUT2D eigenvalue weighted by Gasteiger charge is -2.20. The topological polar surface area (TPSA) is 87.5 Å². The highest BCUT2D eigenvalue weighted by Crippen LogP contribution is 2.44. The maximum atomic E-state index is 13.9. The SMILES string of the molecule is Cc1cc(C)c(COc2cccc3c2C(=O)c2c(Cl)ccc4c2c-3nn4CCOS(=O)(=O)c2cccc(Cl)c2)c(C)c1. The third-order valence-corrected chi connectivity index (χ3v) is 9.30. The Labute approximate surface area is 253 Å². The fourth-order valence-electron chi connectivity index (χ4n) is 5.55. The van der Waals surface area contributed by atoms with Crippen LogP contribution in [0.4, 0.5) is 0 Å². The average Bonchev–Trinajstić information content (AvgIpc) is 3.30. The van der Waals surface area contributed by atoms with Gasteiger partial charge in [0, 0.05) is 16.0 Å². The lowest BCUT2D eigenvalue weighted by Crippen LogP contribution is -2.13. The summed E-state index contributed by atoms with van der Waals surface area (Å²) in [4.78, 5) is 13.9. The summed E-state index contributed by atoms with van der Waals surface area (Å²) in [6, 6.07) is 19.0. The van der Waals surface area contributed by atoms with Crippen LogP contribution in [0.5, 0.6) is 5.75 Å². The smallest absolute Gasteiger partial charge is 0.297 e. The van der Waals surface area contributed by atoms with E-state index >= 15 is 0 Å². The normalized spacial score (nSPS) is 12.5. The first-order valence-electron chi connectivity index (χ1n) is 13.3. The van der Waals surface area contributed by atoms with Crippen LogP contribution in [0.3, 0.4) is 0 Å². The molecule has 0 saturated carbocycles. The van der Waals surface area contributed by atoms with Gasteiger partial charge in [0.05, 0.1) is 39.7 Å². The van der Waals surface area contributed by atoms with Crippen molar-refractivity contribution in [2.45, 2.75) is 38.8 Å². The molecule has 0 spiro atoms. The Morgan fingerprint density at radius 3 is 2.38 bits per heavy atom. The van der Waals surface area contributed by atoms with Gasteiger partial charge < -0.3 is 4.74 Å². The lowest BCUT2D eigenvalue weighted by atomic mass is 9.86. The van der Waals surface area contributed by atoms with E-state index in [9.17, 15) is 13.2 Å². The highest BCUT2D eigenvalue weighted by molar-refractivity contribution is 7.86. The summed E-state index contributed by atoms with van der Waals surface area (Å²) in [6.07, 6.45) is 0. The summed E-state index contributed by atoms with van der Waals surface area (Å²) >= 11 is 12.5. The molecule has 1 heterocycles. The minimum atomic E-state index is -4.03. The number of ether oxygens (including phenoxy) is 1. The molecule has 4 aromatic carbocycles. The van der Waals surface area contributed by atoms with Gasteiger partial charge in [-0.25, -0.2) is 0 Å². The number of hydrogen-bond acceptors (Lipinski definition) is 6. The van der Waals surface area contributed by atoms with E-state index in [1.807, 2.05) is 26.0 Å². The second kappa shape index (κ2) is 10.9. The Bertz CT molecular complexity index is 1990. The predicted octanol–water partition coefficient (Wildman–Crippen LogP) is 7.46. The summed E-state index contributed by atoms with van der Waals surface area (Å²) in [7, 11) is -4.03. The first-order valence-corrected chi connectivity index (χ1v) is 15.4. The van der Waals surface area contributed by atoms with Crippen LogP contribution in [0.2, 0.25) is 10.0 Å². The van der Waals surface area contributed by atoms with Crippen molar-refractivity contribution in [3.8, 4) is 17.0 Å². The standard InChI is InChI=1S/C32H26Cl2N2O5S/c1-18-14-19(2)24(20(3)15-18)17-40-27-9-5-8-23-28(27)32(37)29-25(34)10-11-26-30(29)31(23)35-36(26)12-13-41-42(38,39)22-7-4-6-21(33)16-22/h4-11,14-16H,12-13,17H2,1-3H3. The number of aromatic nitrogens is 2. The molecule has 1 aliphatic rings. The van der Waals surface area contributed by atoms with Gasteiger partial charge in [0.15, 0.2) is 5.78 Å². The molecule has 6 rings (SSSR count). The molecule has 10 heteroatoms. The number of benzene rings is 4. The second-order valence-corrected chi connectivity index (χ2v) is 12.8. The summed E-state index contributed by atoms with van der Waals surface area (Å²) in [6.45, 7) is 6.40. The zero-order chi connectivity index (χ0) is 29.8. The Hall–Kier alpha value is -3.69. The number of carbonyl (C=O) groups excluding carboxylic acids is 1. The number of rotatable bonds is 8. The van der Waals surface area contributed by atoms with Gasteiger partial charge in [-0.1, -0.05) is 59.1 Å². The van der Waals surface area contributed by atoms with E-state index in [0.29, 0.717) is 55.7 Å². The zero-order valence-electron chi connectivity index (χ0n) is 23.1. The maximum Gasteiger partial charge on any atom is 0.297 e. The molecule has 42 heavy (non-hydrogen) atoms. The number of carbonyl (C=O) groups is 1. The van der Waals surface area contributed by atoms with E-state index in [1.54, 1.807) is 35.0 Å². The summed E-state index contributed by atoms with van der Waals surface area (Å²) < 4.78 is 38.6. The van der Waals surface area contributed by atoms with Gasteiger partial charge >= 0.3 is 0 Å². The van der Waals surface area contributed by atoms with Gasteiger partial charge in [-0.15, -0.1) is 0 Å². The molecule has 0 N–H and O–H groups in total. The van der Waals surface area contributed by atoms with Crippen LogP contribution < -0.4 is 4.74 Å². The van der Waals surface area contributed by atoms with Crippen LogP contribution in [-0.4, -0.2) is 30.6 Å². The predicted molar refractivity (Wildman–Crippen MR) is 163 cm³/mol. The molecular formula is C32H26Cl2N2O5S. The molecule has 1 aromatic heterocycles. The number of ketones is 1. The van der Waals surface area contributed by atoms with Crippen LogP contribution in [0, 0.1) is 20.8 Å². The first kappa shape index (κ1) is 28.4. The molecule has 7 nitrogen and oxygen atoms in total. The number of hydrogen-bond donors (Lipinski definition) is 0. The fraction of sp³-hybridized carbons (Fsp3) is 0.188. The lowest BCUT2D eigenvalue weighted by molar-refractivity contribution is 0.103. The summed E-state index contributed by atoms with van der Waals surface area (Å²) in [5, 5.41) is 6.00. The molecule has 0 bridgehead atoms. The quantitative estimate of drug-likeness (QED) is 0.164. The molecule has 214 valence electrons. The monoisotopic (exact) mass is 620 g/mol. The summed E-state index contributed by atoms with van der Waals surface area (Å²) in [5.74, 6) is 0.196. The molecule has 0 unspecified atom stereocenters. The van der Waals surface area contributed by atoms with Crippen LogP contribution in [0.25, 0.3) is 22.2 Å². The molecule has 0 amide bonds. The molecule has 0 atom stereocenters. The van der Waals surface area contributed by atoms with Crippen LogP contribution in [0.15, 0.2) is 71.6 Å². The van der Waals surface area contributed by atoms with Crippen LogP contribution in [-0.2, 0) is 27.5 Å². The van der Waals surface area contributed by atoms with Crippen molar-refractivity contribution < 1.29 is 22.1 Å². The Morgan fingerprint density at radius 1 is 0.905 bits per heavy atom. The molecular weight excluding hydrogens is 595 g/mol. The third-order valence-electron chi connectivity index (χ3n) is 7.44. The highest BCUT2D eigenvalue weighted by atomic mass is 35.5. The zero-order valence-corrected chi connectivity index (χ0v) is 25.4. The number of halogens is 2. The van der Waals surface area contributed by atoms with Crippen molar-refractivity contribution >= 4 is 50.0 Å². The van der Waals surface area contributed by atoms with Gasteiger partial charge in [0.2, 0.25) is 0 Å². The molecule has 0 aliphatic heterocycles. The van der Waals surface area contributed by atoms with E-state index in [4.69, 9.17) is 37.2 Å². The van der Waals surface area contributed by atoms with Crippen molar-refractivity contribution in [3.63, 3.8) is 0 Å². The molecule has 0 saturated heterocycles. The molecule has 0 fully saturated rings. The number of nitrogens with zero attached hydrogens (tertiary/aromatic N) is 2. The van der Waals surface area contributed by atoms with Gasteiger partial charge in [0.1, 0.15) is 18.1 Å². The first-order chi connectivity index (χ1) is 20.0. The average molecular weight is 622 g/mol. The Kier molecular flexibility index (Phi) is 7.35. The van der Waals surface area contributed by atoms with Crippen LogP contribution in [0.1, 0.15) is 38.2 Å². The Balaban J connectivity index is 1.34. The van der Waals surface area contributed by atoms with Crippen LogP contribution >= 0.6 is 23.2 Å². The van der Waals surface area contributed by atoms with E-state index in [2.05, 4.69) is 19.1 Å². The van der Waals surface area contributed by atoms with Gasteiger partial charge in [-0.3, -0.25) is 13.7 Å². The van der Waals surface area contributed by atoms with E-state index < -0.39 is 10.1 Å². The van der Waals surface area contributed by atoms with E-state index in [1.165, 1.54) is 17.7 Å². The Morgan fingerprint density at radius 2 is 1.64 bits per heavy atom. The fourth-order valence-corrected chi connectivity index (χ4v) is 6.99. The minimum absolute atomic E-state index is 0.0314. The van der Waals surface area contributed by atoms with Crippen molar-refractivity contribution in [1.29, 1.82) is 0 Å². The van der Waals surface area contributed by atoms with Gasteiger partial charge in [-0.05, 0) is 73.9 Å². The van der Waals surface area contributed by atoms with Crippen molar-refractivity contribution in [3.05, 3.63) is 110 Å². The van der Waals surface area contributed by atoms with E-state index in [-0.39, 0.29) is 23.8 Å². The molecule has 5 aromatic rings. The van der Waals surface area contributed by atoms with Crippen molar-refractivity contribution in [1.82, 2.24) is 9.78 Å². The number of fused-ring (bicyclic) bond motifs is 2. The number of aryl methyl sites for hydroxylation is 3.